The van der Waals surface area contributed by atoms with Crippen molar-refractivity contribution in [3.8, 4) is 0 Å². The van der Waals surface area contributed by atoms with Gasteiger partial charge in [0, 0.05) is 0 Å². The first-order valence-electron chi connectivity index (χ1n) is 10.9. The summed E-state index contributed by atoms with van der Waals surface area (Å²) >= 11 is 1.75. The van der Waals surface area contributed by atoms with Gasteiger partial charge in [-0.25, -0.2) is 4.79 Å². The van der Waals surface area contributed by atoms with Crippen LogP contribution in [0.1, 0.15) is 84.3 Å². The minimum atomic E-state index is -0.895. The van der Waals surface area contributed by atoms with Crippen LogP contribution in [0.2, 0.25) is 0 Å². The van der Waals surface area contributed by atoms with Gasteiger partial charge in [0.2, 0.25) is 0 Å². The zero-order valence-electron chi connectivity index (χ0n) is 18.7. The van der Waals surface area contributed by atoms with Gasteiger partial charge in [-0.1, -0.05) is 64.1 Å². The molecule has 160 valence electrons. The molecule has 1 aliphatic carbocycles. The Balaban J connectivity index is 1.81. The van der Waals surface area contributed by atoms with Crippen LogP contribution in [0.25, 0.3) is 12.2 Å². The second kappa shape index (κ2) is 8.12. The summed E-state index contributed by atoms with van der Waals surface area (Å²) in [4.78, 5) is 11.1. The van der Waals surface area contributed by atoms with Crippen LogP contribution in [0.15, 0.2) is 53.2 Å². The van der Waals surface area contributed by atoms with E-state index >= 15 is 0 Å². The summed E-state index contributed by atoms with van der Waals surface area (Å²) < 4.78 is 0. The van der Waals surface area contributed by atoms with Crippen molar-refractivity contribution in [3.63, 3.8) is 0 Å². The van der Waals surface area contributed by atoms with E-state index in [4.69, 9.17) is 5.11 Å². The first-order chi connectivity index (χ1) is 14.7. The van der Waals surface area contributed by atoms with Crippen LogP contribution in [0.3, 0.4) is 0 Å². The van der Waals surface area contributed by atoms with E-state index in [0.29, 0.717) is 5.56 Å². The van der Waals surface area contributed by atoms with E-state index in [1.165, 1.54) is 40.7 Å². The van der Waals surface area contributed by atoms with Gasteiger partial charge < -0.3 is 5.11 Å². The number of aromatic carboxylic acids is 1. The summed E-state index contributed by atoms with van der Waals surface area (Å²) in [6.45, 7) is 9.51. The Morgan fingerprint density at radius 2 is 1.68 bits per heavy atom. The highest BCUT2D eigenvalue weighted by molar-refractivity contribution is 7.07. The highest BCUT2D eigenvalue weighted by Crippen LogP contribution is 2.48. The summed E-state index contributed by atoms with van der Waals surface area (Å²) in [6, 6.07) is 13.9. The maximum Gasteiger partial charge on any atom is 0.335 e. The van der Waals surface area contributed by atoms with Crippen molar-refractivity contribution in [1.29, 1.82) is 0 Å². The van der Waals surface area contributed by atoms with E-state index in [9.17, 15) is 4.79 Å². The highest BCUT2D eigenvalue weighted by atomic mass is 32.1. The Hall–Kier alpha value is -2.65. The number of carboxylic acids is 1. The molecule has 0 spiro atoms. The van der Waals surface area contributed by atoms with Crippen molar-refractivity contribution < 1.29 is 9.90 Å². The van der Waals surface area contributed by atoms with Gasteiger partial charge >= 0.3 is 5.97 Å². The molecule has 2 aromatic carbocycles. The molecule has 3 aromatic rings. The smallest absolute Gasteiger partial charge is 0.335 e. The second-order valence-electron chi connectivity index (χ2n) is 9.89. The number of carboxylic acid groups (broad SMARTS) is 1. The summed E-state index contributed by atoms with van der Waals surface area (Å²) in [6.07, 6.45) is 7.61. The van der Waals surface area contributed by atoms with Crippen molar-refractivity contribution in [2.24, 2.45) is 0 Å². The minimum Gasteiger partial charge on any atom is -0.478 e. The lowest BCUT2D eigenvalue weighted by Gasteiger charge is -2.43. The van der Waals surface area contributed by atoms with Gasteiger partial charge in [0.15, 0.2) is 0 Å². The van der Waals surface area contributed by atoms with Gasteiger partial charge in [-0.2, -0.15) is 11.3 Å². The first-order valence-corrected chi connectivity index (χ1v) is 11.8. The maximum atomic E-state index is 11.1. The topological polar surface area (TPSA) is 37.3 Å². The lowest BCUT2D eigenvalue weighted by Crippen LogP contribution is -2.35. The lowest BCUT2D eigenvalue weighted by molar-refractivity contribution is 0.0697. The molecule has 0 aliphatic heterocycles. The average molecular weight is 431 g/mol. The third kappa shape index (κ3) is 4.38. The van der Waals surface area contributed by atoms with Crippen LogP contribution in [-0.4, -0.2) is 11.1 Å². The van der Waals surface area contributed by atoms with Crippen molar-refractivity contribution in [2.45, 2.75) is 57.8 Å². The summed E-state index contributed by atoms with van der Waals surface area (Å²) in [5.74, 6) is -0.895. The van der Waals surface area contributed by atoms with E-state index < -0.39 is 5.97 Å². The zero-order chi connectivity index (χ0) is 22.2. The Morgan fingerprint density at radius 3 is 2.32 bits per heavy atom. The third-order valence-corrected chi connectivity index (χ3v) is 7.44. The monoisotopic (exact) mass is 430 g/mol. The molecular formula is C28H30O2S. The van der Waals surface area contributed by atoms with Crippen molar-refractivity contribution in [1.82, 2.24) is 0 Å². The van der Waals surface area contributed by atoms with E-state index in [1.807, 2.05) is 12.1 Å². The van der Waals surface area contributed by atoms with Crippen molar-refractivity contribution >= 4 is 29.5 Å². The number of hydrogen-bond donors (Lipinski definition) is 1. The van der Waals surface area contributed by atoms with Crippen LogP contribution in [0.5, 0.6) is 0 Å². The Labute approximate surface area is 189 Å². The van der Waals surface area contributed by atoms with Crippen LogP contribution in [0, 0.1) is 0 Å². The van der Waals surface area contributed by atoms with E-state index in [2.05, 4.69) is 68.8 Å². The number of carbonyl (C=O) groups is 1. The van der Waals surface area contributed by atoms with Crippen LogP contribution in [-0.2, 0) is 17.3 Å². The summed E-state index contributed by atoms with van der Waals surface area (Å²) in [5.41, 5.74) is 8.67. The Kier molecular flexibility index (Phi) is 5.65. The minimum absolute atomic E-state index is 0.142. The number of thiophene rings is 1. The van der Waals surface area contributed by atoms with Crippen LogP contribution < -0.4 is 0 Å². The molecule has 0 atom stereocenters. The molecule has 3 heteroatoms. The number of fused-ring (bicyclic) bond motifs is 1. The number of rotatable bonds is 5. The zero-order valence-corrected chi connectivity index (χ0v) is 19.6. The molecule has 1 heterocycles. The molecule has 0 radical (unpaired) electrons. The Bertz CT molecular complexity index is 1120. The molecule has 1 aliphatic rings. The first kappa shape index (κ1) is 21.6. The van der Waals surface area contributed by atoms with Gasteiger partial charge in [-0.05, 0) is 92.4 Å². The molecule has 1 N–H and O–H groups in total. The number of hydrogen-bond acceptors (Lipinski definition) is 2. The predicted molar refractivity (Wildman–Crippen MR) is 131 cm³/mol. The van der Waals surface area contributed by atoms with Gasteiger partial charge in [-0.15, -0.1) is 0 Å². The molecule has 0 saturated heterocycles. The van der Waals surface area contributed by atoms with Gasteiger partial charge in [0.25, 0.3) is 0 Å². The van der Waals surface area contributed by atoms with Gasteiger partial charge in [0.1, 0.15) is 0 Å². The normalized spacial score (nSPS) is 16.9. The Morgan fingerprint density at radius 1 is 0.968 bits per heavy atom. The highest BCUT2D eigenvalue weighted by Gasteiger charge is 2.38. The molecule has 31 heavy (non-hydrogen) atoms. The molecule has 4 rings (SSSR count). The molecule has 0 fully saturated rings. The van der Waals surface area contributed by atoms with Crippen molar-refractivity contribution in [2.75, 3.05) is 0 Å². The molecule has 0 saturated carbocycles. The molecule has 0 bridgehead atoms. The fourth-order valence-electron chi connectivity index (χ4n) is 4.75. The molecule has 0 unspecified atom stereocenters. The number of benzene rings is 2. The lowest BCUT2D eigenvalue weighted by atomic mass is 9.61. The fourth-order valence-corrected chi connectivity index (χ4v) is 5.42. The van der Waals surface area contributed by atoms with E-state index in [1.54, 1.807) is 23.5 Å². The van der Waals surface area contributed by atoms with Gasteiger partial charge in [0.05, 0.1) is 5.56 Å². The SMILES string of the molecule is CC1(C)CCC(C)(C)c2c1ccc(C=Cc1ccc(C(=O)O)cc1)c2Cc1ccsc1. The van der Waals surface area contributed by atoms with E-state index in [-0.39, 0.29) is 10.8 Å². The molecule has 0 amide bonds. The molecule has 1 aromatic heterocycles. The maximum absolute atomic E-state index is 11.1. The summed E-state index contributed by atoms with van der Waals surface area (Å²) in [5, 5.41) is 13.5. The van der Waals surface area contributed by atoms with Crippen LogP contribution in [0.4, 0.5) is 0 Å². The van der Waals surface area contributed by atoms with Crippen LogP contribution >= 0.6 is 11.3 Å². The standard InChI is InChI=1S/C28H30O2S/c1-27(2)14-15-28(3,4)25-23(17-20-13-16-31-18-20)21(11-12-24(25)27)8-5-19-6-9-22(10-7-19)26(29)30/h5-13,16,18H,14-15,17H2,1-4H3,(H,29,30). The van der Waals surface area contributed by atoms with Gasteiger partial charge in [-0.3, -0.25) is 0 Å². The van der Waals surface area contributed by atoms with Crippen molar-refractivity contribution in [3.05, 3.63) is 92.2 Å². The quantitative estimate of drug-likeness (QED) is 0.424. The largest absolute Gasteiger partial charge is 0.478 e. The van der Waals surface area contributed by atoms with E-state index in [0.717, 1.165) is 12.0 Å². The third-order valence-electron chi connectivity index (χ3n) is 6.70. The summed E-state index contributed by atoms with van der Waals surface area (Å²) in [7, 11) is 0. The average Bonchev–Trinajstić information content (AvgIpc) is 3.24. The predicted octanol–water partition coefficient (Wildman–Crippen LogP) is 7.56. The molecule has 2 nitrogen and oxygen atoms in total. The fraction of sp³-hybridized carbons (Fsp3) is 0.321. The second-order valence-corrected chi connectivity index (χ2v) is 10.7. The molecular weight excluding hydrogens is 400 g/mol.